The molecule has 1 heterocycles. The molecule has 1 aromatic rings. The highest BCUT2D eigenvalue weighted by Gasteiger charge is 2.07. The van der Waals surface area contributed by atoms with Crippen LogP contribution >= 0.6 is 11.6 Å². The van der Waals surface area contributed by atoms with Crippen molar-refractivity contribution in [3.63, 3.8) is 0 Å². The Morgan fingerprint density at radius 1 is 1.21 bits per heavy atom. The number of ether oxygens (including phenoxy) is 1. The monoisotopic (exact) mass is 283 g/mol. The van der Waals surface area contributed by atoms with Gasteiger partial charge in [0.15, 0.2) is 0 Å². The first-order valence-electron chi connectivity index (χ1n) is 7.42. The van der Waals surface area contributed by atoms with Gasteiger partial charge in [-0.05, 0) is 37.8 Å². The Bertz CT molecular complexity index is 346. The fourth-order valence-corrected chi connectivity index (χ4v) is 2.22. The van der Waals surface area contributed by atoms with Gasteiger partial charge >= 0.3 is 0 Å². The van der Waals surface area contributed by atoms with Gasteiger partial charge in [0.25, 0.3) is 0 Å². The molecule has 0 radical (unpaired) electrons. The van der Waals surface area contributed by atoms with E-state index in [1.807, 2.05) is 12.1 Å². The van der Waals surface area contributed by atoms with Crippen molar-refractivity contribution in [2.45, 2.75) is 71.3 Å². The van der Waals surface area contributed by atoms with Crippen molar-refractivity contribution in [2.24, 2.45) is 0 Å². The van der Waals surface area contributed by atoms with Gasteiger partial charge in [-0.25, -0.2) is 4.98 Å². The molecule has 0 bridgehead atoms. The van der Waals surface area contributed by atoms with Crippen molar-refractivity contribution in [3.05, 3.63) is 23.4 Å². The number of aryl methyl sites for hydroxylation is 1. The third-order valence-electron chi connectivity index (χ3n) is 3.22. The van der Waals surface area contributed by atoms with Crippen LogP contribution in [0.25, 0.3) is 0 Å². The minimum absolute atomic E-state index is 0.222. The molecule has 0 aliphatic carbocycles. The van der Waals surface area contributed by atoms with Crippen LogP contribution in [0.2, 0.25) is 0 Å². The molecular weight excluding hydrogens is 258 g/mol. The van der Waals surface area contributed by atoms with Crippen LogP contribution in [0.1, 0.15) is 64.1 Å². The largest absolute Gasteiger partial charge is 0.475 e. The number of halogens is 1. The highest BCUT2D eigenvalue weighted by Crippen LogP contribution is 2.18. The number of hydrogen-bond donors (Lipinski definition) is 0. The summed E-state index contributed by atoms with van der Waals surface area (Å²) in [7, 11) is 0. The maximum atomic E-state index is 5.91. The second-order valence-electron chi connectivity index (χ2n) is 5.07. The van der Waals surface area contributed by atoms with Crippen LogP contribution in [0.5, 0.6) is 5.88 Å². The van der Waals surface area contributed by atoms with E-state index < -0.39 is 0 Å². The van der Waals surface area contributed by atoms with Gasteiger partial charge < -0.3 is 4.74 Å². The van der Waals surface area contributed by atoms with Gasteiger partial charge in [-0.2, -0.15) is 0 Å². The molecule has 1 rings (SSSR count). The first kappa shape index (κ1) is 16.3. The van der Waals surface area contributed by atoms with E-state index in [1.165, 1.54) is 25.7 Å². The second kappa shape index (κ2) is 9.19. The van der Waals surface area contributed by atoms with E-state index in [-0.39, 0.29) is 6.10 Å². The van der Waals surface area contributed by atoms with E-state index in [2.05, 4.69) is 25.8 Å². The first-order valence-corrected chi connectivity index (χ1v) is 7.95. The topological polar surface area (TPSA) is 22.1 Å². The summed E-state index contributed by atoms with van der Waals surface area (Å²) < 4.78 is 5.91. The lowest BCUT2D eigenvalue weighted by Crippen LogP contribution is -2.13. The molecule has 0 aliphatic heterocycles. The van der Waals surface area contributed by atoms with Gasteiger partial charge in [0.2, 0.25) is 5.88 Å². The van der Waals surface area contributed by atoms with Gasteiger partial charge in [-0.3, -0.25) is 0 Å². The quantitative estimate of drug-likeness (QED) is 0.463. The molecule has 0 aromatic carbocycles. The summed E-state index contributed by atoms with van der Waals surface area (Å²) in [4.78, 5) is 4.50. The normalized spacial score (nSPS) is 12.4. The molecule has 0 saturated heterocycles. The molecule has 0 aliphatic rings. The number of rotatable bonds is 9. The Hall–Kier alpha value is -0.760. The van der Waals surface area contributed by atoms with Gasteiger partial charge in [0, 0.05) is 17.6 Å². The molecule has 1 unspecified atom stereocenters. The number of hydrogen-bond acceptors (Lipinski definition) is 2. The standard InChI is InChI=1S/C16H26ClNO/c1-4-6-7-8-9-13(3)19-16-11-14(12-17)10-15(5-2)18-16/h10-11,13H,4-9,12H2,1-3H3. The zero-order chi connectivity index (χ0) is 14.1. The van der Waals surface area contributed by atoms with E-state index in [1.54, 1.807) is 0 Å². The molecule has 0 saturated carbocycles. The van der Waals surface area contributed by atoms with Gasteiger partial charge in [-0.15, -0.1) is 11.6 Å². The molecule has 0 fully saturated rings. The van der Waals surface area contributed by atoms with E-state index in [0.717, 1.165) is 30.0 Å². The van der Waals surface area contributed by atoms with Crippen LogP contribution in [0.15, 0.2) is 12.1 Å². The highest BCUT2D eigenvalue weighted by atomic mass is 35.5. The predicted octanol–water partition coefficient (Wildman–Crippen LogP) is 5.12. The molecule has 108 valence electrons. The van der Waals surface area contributed by atoms with Crippen molar-refractivity contribution < 1.29 is 4.74 Å². The lowest BCUT2D eigenvalue weighted by Gasteiger charge is -2.15. The van der Waals surface area contributed by atoms with Crippen LogP contribution in [0.4, 0.5) is 0 Å². The minimum Gasteiger partial charge on any atom is -0.475 e. The van der Waals surface area contributed by atoms with Crippen LogP contribution in [-0.4, -0.2) is 11.1 Å². The van der Waals surface area contributed by atoms with Crippen molar-refractivity contribution in [2.75, 3.05) is 0 Å². The summed E-state index contributed by atoms with van der Waals surface area (Å²) in [6.07, 6.45) is 7.32. The van der Waals surface area contributed by atoms with Gasteiger partial charge in [0.05, 0.1) is 6.10 Å². The molecular formula is C16H26ClNO. The fourth-order valence-electron chi connectivity index (χ4n) is 2.06. The molecule has 1 aromatic heterocycles. The predicted molar refractivity (Wildman–Crippen MR) is 82.0 cm³/mol. The number of nitrogens with zero attached hydrogens (tertiary/aromatic N) is 1. The van der Waals surface area contributed by atoms with Crippen LogP contribution < -0.4 is 4.74 Å². The van der Waals surface area contributed by atoms with E-state index in [0.29, 0.717) is 5.88 Å². The summed E-state index contributed by atoms with van der Waals surface area (Å²) in [6.45, 7) is 6.44. The van der Waals surface area contributed by atoms with Crippen molar-refractivity contribution in [1.82, 2.24) is 4.98 Å². The Morgan fingerprint density at radius 2 is 2.00 bits per heavy atom. The van der Waals surface area contributed by atoms with Crippen molar-refractivity contribution in [3.8, 4) is 5.88 Å². The van der Waals surface area contributed by atoms with Crippen molar-refractivity contribution in [1.29, 1.82) is 0 Å². The Balaban J connectivity index is 2.50. The van der Waals surface area contributed by atoms with Crippen molar-refractivity contribution >= 4 is 11.6 Å². The SMILES string of the molecule is CCCCCCC(C)Oc1cc(CCl)cc(CC)n1. The summed E-state index contributed by atoms with van der Waals surface area (Å²) in [5.74, 6) is 1.23. The van der Waals surface area contributed by atoms with E-state index >= 15 is 0 Å². The molecule has 0 spiro atoms. The number of pyridine rings is 1. The highest BCUT2D eigenvalue weighted by molar-refractivity contribution is 6.17. The maximum Gasteiger partial charge on any atom is 0.214 e. The summed E-state index contributed by atoms with van der Waals surface area (Å²) >= 11 is 5.90. The van der Waals surface area contributed by atoms with Gasteiger partial charge in [-0.1, -0.05) is 33.1 Å². The summed E-state index contributed by atoms with van der Waals surface area (Å²) in [5, 5.41) is 0. The Morgan fingerprint density at radius 3 is 2.63 bits per heavy atom. The minimum atomic E-state index is 0.222. The lowest BCUT2D eigenvalue weighted by atomic mass is 10.1. The molecule has 0 amide bonds. The summed E-state index contributed by atoms with van der Waals surface area (Å²) in [6, 6.07) is 4.00. The smallest absolute Gasteiger partial charge is 0.214 e. The average Bonchev–Trinajstić information content (AvgIpc) is 2.43. The van der Waals surface area contributed by atoms with E-state index in [4.69, 9.17) is 16.3 Å². The zero-order valence-electron chi connectivity index (χ0n) is 12.4. The molecule has 0 N–H and O–H groups in total. The maximum absolute atomic E-state index is 5.91. The molecule has 2 nitrogen and oxygen atoms in total. The van der Waals surface area contributed by atoms with Crippen LogP contribution in [-0.2, 0) is 12.3 Å². The van der Waals surface area contributed by atoms with Gasteiger partial charge in [0.1, 0.15) is 0 Å². The number of unbranched alkanes of at least 4 members (excludes halogenated alkanes) is 3. The third-order valence-corrected chi connectivity index (χ3v) is 3.53. The second-order valence-corrected chi connectivity index (χ2v) is 5.34. The fraction of sp³-hybridized carbons (Fsp3) is 0.688. The zero-order valence-corrected chi connectivity index (χ0v) is 13.2. The van der Waals surface area contributed by atoms with Crippen LogP contribution in [0, 0.1) is 0 Å². The Kier molecular flexibility index (Phi) is 7.88. The molecule has 3 heteroatoms. The van der Waals surface area contributed by atoms with Crippen LogP contribution in [0.3, 0.4) is 0 Å². The average molecular weight is 284 g/mol. The molecule has 1 atom stereocenters. The number of alkyl halides is 1. The van der Waals surface area contributed by atoms with E-state index in [9.17, 15) is 0 Å². The third kappa shape index (κ3) is 6.29. The lowest BCUT2D eigenvalue weighted by molar-refractivity contribution is 0.197. The number of aromatic nitrogens is 1. The Labute approximate surface area is 122 Å². The molecule has 19 heavy (non-hydrogen) atoms. The summed E-state index contributed by atoms with van der Waals surface area (Å²) in [5.41, 5.74) is 2.13. The first-order chi connectivity index (χ1) is 9.19.